The summed E-state index contributed by atoms with van der Waals surface area (Å²) in [6.07, 6.45) is 3.85. The molecule has 8 heteroatoms. The number of carbonyl (C=O) groups excluding carboxylic acids is 1. The van der Waals surface area contributed by atoms with Crippen LogP contribution in [0.5, 0.6) is 0 Å². The van der Waals surface area contributed by atoms with E-state index in [1.165, 1.54) is 6.26 Å². The summed E-state index contributed by atoms with van der Waals surface area (Å²) in [6, 6.07) is 2.55. The Kier molecular flexibility index (Phi) is 5.90. The first-order valence-corrected chi connectivity index (χ1v) is 7.48. The number of nitrogens with one attached hydrogen (secondary N) is 1. The van der Waals surface area contributed by atoms with Crippen molar-refractivity contribution in [1.82, 2.24) is 15.5 Å². The van der Waals surface area contributed by atoms with E-state index in [-0.39, 0.29) is 18.7 Å². The Hall–Kier alpha value is -2.64. The van der Waals surface area contributed by atoms with E-state index in [0.29, 0.717) is 23.9 Å². The van der Waals surface area contributed by atoms with E-state index in [1.54, 1.807) is 12.1 Å². The topological polar surface area (TPSA) is 118 Å². The van der Waals surface area contributed by atoms with Gasteiger partial charge in [-0.1, -0.05) is 24.9 Å². The number of aromatic nitrogens is 2. The van der Waals surface area contributed by atoms with Crippen molar-refractivity contribution in [3.05, 3.63) is 24.3 Å². The van der Waals surface area contributed by atoms with Gasteiger partial charge in [-0.3, -0.25) is 4.79 Å². The number of hydrogen-bond donors (Lipinski definition) is 2. The predicted octanol–water partition coefficient (Wildman–Crippen LogP) is 2.02. The lowest BCUT2D eigenvalue weighted by Gasteiger charge is -2.13. The Balaban J connectivity index is 1.83. The number of aliphatic carboxylic acids is 1. The lowest BCUT2D eigenvalue weighted by Crippen LogP contribution is -2.40. The van der Waals surface area contributed by atoms with Gasteiger partial charge >= 0.3 is 5.97 Å². The summed E-state index contributed by atoms with van der Waals surface area (Å²) in [7, 11) is 0. The van der Waals surface area contributed by atoms with E-state index in [9.17, 15) is 9.59 Å². The molecule has 0 aliphatic heterocycles. The summed E-state index contributed by atoms with van der Waals surface area (Å²) < 4.78 is 10.2. The molecular weight excluding hydrogens is 302 g/mol. The number of unbranched alkanes of at least 4 members (excludes halogenated alkanes) is 1. The van der Waals surface area contributed by atoms with Gasteiger partial charge in [0.25, 0.3) is 0 Å². The molecule has 0 aromatic carbocycles. The molecule has 2 aromatic rings. The SMILES string of the molecule is CCCC[C@H](NC(=O)CCc1nc(-c2ccco2)no1)C(=O)O. The van der Waals surface area contributed by atoms with E-state index in [2.05, 4.69) is 15.5 Å². The Labute approximate surface area is 132 Å². The summed E-state index contributed by atoms with van der Waals surface area (Å²) in [5.74, 6) is -0.283. The smallest absolute Gasteiger partial charge is 0.326 e. The van der Waals surface area contributed by atoms with Crippen molar-refractivity contribution in [2.24, 2.45) is 0 Å². The molecule has 0 unspecified atom stereocenters. The Morgan fingerprint density at radius 1 is 1.43 bits per heavy atom. The molecule has 0 aliphatic rings. The standard InChI is InChI=1S/C15H19N3O5/c1-2-3-5-10(15(20)21)16-12(19)7-8-13-17-14(18-23-13)11-6-4-9-22-11/h4,6,9-10H,2-3,5,7-8H2,1H3,(H,16,19)(H,20,21)/t10-/m0/s1. The third kappa shape index (κ3) is 4.94. The van der Waals surface area contributed by atoms with Crippen molar-refractivity contribution < 1.29 is 23.6 Å². The van der Waals surface area contributed by atoms with Crippen molar-refractivity contribution in [3.8, 4) is 11.6 Å². The van der Waals surface area contributed by atoms with Crippen LogP contribution in [0.25, 0.3) is 11.6 Å². The first-order valence-electron chi connectivity index (χ1n) is 7.48. The molecule has 2 aromatic heterocycles. The molecule has 23 heavy (non-hydrogen) atoms. The molecule has 0 aliphatic carbocycles. The third-order valence-electron chi connectivity index (χ3n) is 3.26. The van der Waals surface area contributed by atoms with Crippen LogP contribution in [0.4, 0.5) is 0 Å². The van der Waals surface area contributed by atoms with E-state index >= 15 is 0 Å². The molecule has 1 amide bonds. The van der Waals surface area contributed by atoms with Gasteiger partial charge in [0.2, 0.25) is 17.6 Å². The van der Waals surface area contributed by atoms with E-state index in [1.807, 2.05) is 6.92 Å². The highest BCUT2D eigenvalue weighted by Crippen LogP contribution is 2.16. The van der Waals surface area contributed by atoms with Crippen LogP contribution >= 0.6 is 0 Å². The van der Waals surface area contributed by atoms with Crippen LogP contribution in [0.2, 0.25) is 0 Å². The molecule has 124 valence electrons. The summed E-state index contributed by atoms with van der Waals surface area (Å²) in [5.41, 5.74) is 0. The van der Waals surface area contributed by atoms with E-state index < -0.39 is 12.0 Å². The number of nitrogens with zero attached hydrogens (tertiary/aromatic N) is 2. The lowest BCUT2D eigenvalue weighted by molar-refractivity contribution is -0.142. The van der Waals surface area contributed by atoms with Crippen LogP contribution in [-0.4, -0.2) is 33.2 Å². The van der Waals surface area contributed by atoms with Crippen molar-refractivity contribution in [2.75, 3.05) is 0 Å². The fraction of sp³-hybridized carbons (Fsp3) is 0.467. The zero-order valence-corrected chi connectivity index (χ0v) is 12.8. The Morgan fingerprint density at radius 2 is 2.26 bits per heavy atom. The van der Waals surface area contributed by atoms with E-state index in [0.717, 1.165) is 12.8 Å². The van der Waals surface area contributed by atoms with Crippen LogP contribution < -0.4 is 5.32 Å². The number of furan rings is 1. The average molecular weight is 321 g/mol. The summed E-state index contributed by atoms with van der Waals surface area (Å²) in [5, 5.41) is 15.3. The number of carbonyl (C=O) groups is 2. The fourth-order valence-corrected chi connectivity index (χ4v) is 2.01. The molecule has 0 saturated carbocycles. The highest BCUT2D eigenvalue weighted by Gasteiger charge is 2.19. The van der Waals surface area contributed by atoms with Crippen molar-refractivity contribution in [2.45, 2.75) is 45.1 Å². The van der Waals surface area contributed by atoms with E-state index in [4.69, 9.17) is 14.0 Å². The van der Waals surface area contributed by atoms with Gasteiger partial charge in [-0.05, 0) is 18.6 Å². The van der Waals surface area contributed by atoms with Gasteiger partial charge in [0.15, 0.2) is 5.76 Å². The highest BCUT2D eigenvalue weighted by atomic mass is 16.5. The molecular formula is C15H19N3O5. The molecule has 0 saturated heterocycles. The summed E-state index contributed by atoms with van der Waals surface area (Å²) in [6.45, 7) is 1.97. The van der Waals surface area contributed by atoms with Gasteiger partial charge in [0, 0.05) is 12.8 Å². The van der Waals surface area contributed by atoms with Gasteiger partial charge in [-0.15, -0.1) is 0 Å². The highest BCUT2D eigenvalue weighted by molar-refractivity contribution is 5.83. The largest absolute Gasteiger partial charge is 0.480 e. The number of hydrogen-bond acceptors (Lipinski definition) is 6. The first kappa shape index (κ1) is 16.7. The first-order chi connectivity index (χ1) is 11.1. The zero-order chi connectivity index (χ0) is 16.7. The van der Waals surface area contributed by atoms with Gasteiger partial charge in [-0.25, -0.2) is 4.79 Å². The van der Waals surface area contributed by atoms with Gasteiger partial charge in [0.05, 0.1) is 6.26 Å². The van der Waals surface area contributed by atoms with Crippen molar-refractivity contribution >= 4 is 11.9 Å². The molecule has 0 spiro atoms. The van der Waals surface area contributed by atoms with Crippen LogP contribution in [0.1, 0.15) is 38.5 Å². The normalized spacial score (nSPS) is 12.0. The maximum atomic E-state index is 11.8. The van der Waals surface area contributed by atoms with Crippen LogP contribution in [0.3, 0.4) is 0 Å². The minimum atomic E-state index is -1.02. The molecule has 2 N–H and O–H groups in total. The van der Waals surface area contributed by atoms with Gasteiger partial charge in [0.1, 0.15) is 6.04 Å². The predicted molar refractivity (Wildman–Crippen MR) is 79.4 cm³/mol. The second-order valence-electron chi connectivity index (χ2n) is 5.09. The van der Waals surface area contributed by atoms with Crippen LogP contribution in [0, 0.1) is 0 Å². The van der Waals surface area contributed by atoms with Crippen LogP contribution in [0.15, 0.2) is 27.3 Å². The second kappa shape index (κ2) is 8.11. The average Bonchev–Trinajstić information content (AvgIpc) is 3.19. The number of aryl methyl sites for hydroxylation is 1. The Morgan fingerprint density at radius 3 is 2.91 bits per heavy atom. The van der Waals surface area contributed by atoms with Crippen molar-refractivity contribution in [1.29, 1.82) is 0 Å². The molecule has 2 rings (SSSR count). The fourth-order valence-electron chi connectivity index (χ4n) is 2.01. The molecule has 2 heterocycles. The third-order valence-corrected chi connectivity index (χ3v) is 3.26. The molecule has 0 fully saturated rings. The Bertz CT molecular complexity index is 635. The van der Waals surface area contributed by atoms with Crippen molar-refractivity contribution in [3.63, 3.8) is 0 Å². The quantitative estimate of drug-likeness (QED) is 0.725. The maximum Gasteiger partial charge on any atom is 0.326 e. The second-order valence-corrected chi connectivity index (χ2v) is 5.09. The lowest BCUT2D eigenvalue weighted by atomic mass is 10.1. The minimum Gasteiger partial charge on any atom is -0.480 e. The maximum absolute atomic E-state index is 11.8. The summed E-state index contributed by atoms with van der Waals surface area (Å²) >= 11 is 0. The summed E-state index contributed by atoms with van der Waals surface area (Å²) in [4.78, 5) is 27.1. The number of carboxylic acid groups (broad SMARTS) is 1. The number of amides is 1. The van der Waals surface area contributed by atoms with Gasteiger partial charge < -0.3 is 19.4 Å². The molecule has 8 nitrogen and oxygen atoms in total. The number of rotatable bonds is 9. The molecule has 0 radical (unpaired) electrons. The minimum absolute atomic E-state index is 0.0791. The molecule has 1 atom stereocenters. The van der Waals surface area contributed by atoms with Gasteiger partial charge in [-0.2, -0.15) is 4.98 Å². The zero-order valence-electron chi connectivity index (χ0n) is 12.8. The molecule has 0 bridgehead atoms. The van der Waals surface area contributed by atoms with Crippen LogP contribution in [-0.2, 0) is 16.0 Å². The number of carboxylic acids is 1. The monoisotopic (exact) mass is 321 g/mol.